The number of nitrogens with one attached hydrogen (secondary N) is 1. The SMILES string of the molecule is CCNCc1cccc(Cl)c1Oc1cccc(COC)c1. The number of hydrogen-bond acceptors (Lipinski definition) is 3. The maximum absolute atomic E-state index is 6.28. The van der Waals surface area contributed by atoms with Crippen molar-refractivity contribution in [1.29, 1.82) is 0 Å². The number of halogens is 1. The number of para-hydroxylation sites is 1. The van der Waals surface area contributed by atoms with Gasteiger partial charge in [0.15, 0.2) is 0 Å². The Morgan fingerprint density at radius 2 is 1.95 bits per heavy atom. The third kappa shape index (κ3) is 4.46. The smallest absolute Gasteiger partial charge is 0.150 e. The van der Waals surface area contributed by atoms with Crippen LogP contribution >= 0.6 is 11.6 Å². The quantitative estimate of drug-likeness (QED) is 0.823. The second-order valence-corrected chi connectivity index (χ2v) is 5.10. The minimum Gasteiger partial charge on any atom is -0.455 e. The van der Waals surface area contributed by atoms with Crippen LogP contribution in [-0.2, 0) is 17.9 Å². The Bertz CT molecular complexity index is 587. The second-order valence-electron chi connectivity index (χ2n) is 4.69. The first-order valence-corrected chi connectivity index (χ1v) is 7.36. The van der Waals surface area contributed by atoms with Gasteiger partial charge in [-0.1, -0.05) is 42.8 Å². The number of benzene rings is 2. The van der Waals surface area contributed by atoms with E-state index >= 15 is 0 Å². The van der Waals surface area contributed by atoms with E-state index in [1.165, 1.54) is 0 Å². The molecule has 0 aliphatic heterocycles. The van der Waals surface area contributed by atoms with Crippen molar-refractivity contribution in [1.82, 2.24) is 5.32 Å². The third-order valence-electron chi connectivity index (χ3n) is 3.04. The van der Waals surface area contributed by atoms with Crippen LogP contribution in [0, 0.1) is 0 Å². The summed E-state index contributed by atoms with van der Waals surface area (Å²) in [5.74, 6) is 1.46. The molecule has 0 fully saturated rings. The van der Waals surface area contributed by atoms with Crippen molar-refractivity contribution in [2.24, 2.45) is 0 Å². The zero-order valence-electron chi connectivity index (χ0n) is 12.4. The molecule has 0 saturated heterocycles. The molecule has 0 atom stereocenters. The molecule has 2 aromatic carbocycles. The van der Waals surface area contributed by atoms with E-state index in [0.717, 1.165) is 30.0 Å². The summed E-state index contributed by atoms with van der Waals surface area (Å²) in [6.45, 7) is 4.25. The molecule has 0 spiro atoms. The highest BCUT2D eigenvalue weighted by molar-refractivity contribution is 6.32. The first-order chi connectivity index (χ1) is 10.2. The Morgan fingerprint density at radius 1 is 1.14 bits per heavy atom. The molecule has 21 heavy (non-hydrogen) atoms. The second kappa shape index (κ2) is 8.03. The molecule has 3 nitrogen and oxygen atoms in total. The molecule has 0 aromatic heterocycles. The predicted octanol–water partition coefficient (Wildman–Crippen LogP) is 4.39. The predicted molar refractivity (Wildman–Crippen MR) is 86.1 cm³/mol. The van der Waals surface area contributed by atoms with E-state index in [2.05, 4.69) is 12.2 Å². The Kier molecular flexibility index (Phi) is 6.05. The van der Waals surface area contributed by atoms with Crippen LogP contribution in [-0.4, -0.2) is 13.7 Å². The van der Waals surface area contributed by atoms with Gasteiger partial charge in [-0.25, -0.2) is 0 Å². The topological polar surface area (TPSA) is 30.5 Å². The summed E-state index contributed by atoms with van der Waals surface area (Å²) in [5.41, 5.74) is 2.11. The van der Waals surface area contributed by atoms with Gasteiger partial charge in [-0.05, 0) is 30.3 Å². The maximum atomic E-state index is 6.28. The van der Waals surface area contributed by atoms with Gasteiger partial charge in [-0.3, -0.25) is 0 Å². The minimum atomic E-state index is 0.559. The van der Waals surface area contributed by atoms with E-state index in [0.29, 0.717) is 17.4 Å². The summed E-state index contributed by atoms with van der Waals surface area (Å²) >= 11 is 6.28. The lowest BCUT2D eigenvalue weighted by Gasteiger charge is -2.14. The molecule has 0 bridgehead atoms. The van der Waals surface area contributed by atoms with E-state index in [-0.39, 0.29) is 0 Å². The van der Waals surface area contributed by atoms with Crippen LogP contribution in [0.15, 0.2) is 42.5 Å². The van der Waals surface area contributed by atoms with Crippen LogP contribution < -0.4 is 10.1 Å². The van der Waals surface area contributed by atoms with Gasteiger partial charge in [0.2, 0.25) is 0 Å². The first-order valence-electron chi connectivity index (χ1n) is 6.98. The number of rotatable bonds is 7. The van der Waals surface area contributed by atoms with E-state index in [9.17, 15) is 0 Å². The van der Waals surface area contributed by atoms with Crippen LogP contribution in [0.3, 0.4) is 0 Å². The van der Waals surface area contributed by atoms with Crippen molar-refractivity contribution in [3.63, 3.8) is 0 Å². The van der Waals surface area contributed by atoms with Gasteiger partial charge in [-0.2, -0.15) is 0 Å². The fourth-order valence-corrected chi connectivity index (χ4v) is 2.28. The van der Waals surface area contributed by atoms with Gasteiger partial charge < -0.3 is 14.8 Å². The molecule has 0 amide bonds. The van der Waals surface area contributed by atoms with Crippen molar-refractivity contribution >= 4 is 11.6 Å². The van der Waals surface area contributed by atoms with E-state index in [1.54, 1.807) is 7.11 Å². The van der Waals surface area contributed by atoms with Gasteiger partial charge >= 0.3 is 0 Å². The van der Waals surface area contributed by atoms with Gasteiger partial charge in [0, 0.05) is 19.2 Å². The van der Waals surface area contributed by atoms with Gasteiger partial charge in [0.25, 0.3) is 0 Å². The van der Waals surface area contributed by atoms with E-state index < -0.39 is 0 Å². The Labute approximate surface area is 130 Å². The standard InChI is InChI=1S/C17H20ClNO2/c1-3-19-11-14-7-5-9-16(18)17(14)21-15-8-4-6-13(10-15)12-20-2/h4-10,19H,3,11-12H2,1-2H3. The summed E-state index contributed by atoms with van der Waals surface area (Å²) in [6.07, 6.45) is 0. The number of ether oxygens (including phenoxy) is 2. The molecular formula is C17H20ClNO2. The van der Waals surface area contributed by atoms with Crippen molar-refractivity contribution < 1.29 is 9.47 Å². The molecule has 2 rings (SSSR count). The monoisotopic (exact) mass is 305 g/mol. The Hall–Kier alpha value is -1.55. The highest BCUT2D eigenvalue weighted by Gasteiger charge is 2.09. The summed E-state index contributed by atoms with van der Waals surface area (Å²) in [4.78, 5) is 0. The van der Waals surface area contributed by atoms with E-state index in [4.69, 9.17) is 21.1 Å². The van der Waals surface area contributed by atoms with Gasteiger partial charge in [-0.15, -0.1) is 0 Å². The molecule has 0 saturated carbocycles. The largest absolute Gasteiger partial charge is 0.455 e. The fraction of sp³-hybridized carbons (Fsp3) is 0.294. The highest BCUT2D eigenvalue weighted by atomic mass is 35.5. The summed E-state index contributed by atoms with van der Waals surface area (Å²) < 4.78 is 11.1. The lowest BCUT2D eigenvalue weighted by atomic mass is 10.2. The van der Waals surface area contributed by atoms with Crippen molar-refractivity contribution in [2.45, 2.75) is 20.1 Å². The van der Waals surface area contributed by atoms with Crippen molar-refractivity contribution in [2.75, 3.05) is 13.7 Å². The molecule has 1 N–H and O–H groups in total. The third-order valence-corrected chi connectivity index (χ3v) is 3.34. The van der Waals surface area contributed by atoms with Crippen LogP contribution in [0.2, 0.25) is 5.02 Å². The van der Waals surface area contributed by atoms with Crippen LogP contribution in [0.1, 0.15) is 18.1 Å². The summed E-state index contributed by atoms with van der Waals surface area (Å²) in [7, 11) is 1.68. The van der Waals surface area contributed by atoms with Crippen LogP contribution in [0.5, 0.6) is 11.5 Å². The molecule has 112 valence electrons. The van der Waals surface area contributed by atoms with Crippen molar-refractivity contribution in [3.05, 3.63) is 58.6 Å². The molecule has 0 radical (unpaired) electrons. The molecule has 2 aromatic rings. The summed E-state index contributed by atoms with van der Waals surface area (Å²) in [5, 5.41) is 3.90. The molecular weight excluding hydrogens is 286 g/mol. The van der Waals surface area contributed by atoms with E-state index in [1.807, 2.05) is 42.5 Å². The molecule has 0 heterocycles. The molecule has 0 aliphatic rings. The maximum Gasteiger partial charge on any atom is 0.150 e. The Balaban J connectivity index is 2.23. The molecule has 4 heteroatoms. The first kappa shape index (κ1) is 15.8. The van der Waals surface area contributed by atoms with Crippen LogP contribution in [0.25, 0.3) is 0 Å². The fourth-order valence-electron chi connectivity index (χ4n) is 2.05. The van der Waals surface area contributed by atoms with Gasteiger partial charge in [0.05, 0.1) is 11.6 Å². The average Bonchev–Trinajstić information content (AvgIpc) is 2.49. The zero-order valence-corrected chi connectivity index (χ0v) is 13.1. The highest BCUT2D eigenvalue weighted by Crippen LogP contribution is 2.33. The Morgan fingerprint density at radius 3 is 2.71 bits per heavy atom. The minimum absolute atomic E-state index is 0.559. The lowest BCUT2D eigenvalue weighted by Crippen LogP contribution is -2.12. The number of hydrogen-bond donors (Lipinski definition) is 1. The average molecular weight is 306 g/mol. The van der Waals surface area contributed by atoms with Gasteiger partial charge in [0.1, 0.15) is 11.5 Å². The zero-order chi connectivity index (χ0) is 15.1. The molecule has 0 unspecified atom stereocenters. The lowest BCUT2D eigenvalue weighted by molar-refractivity contribution is 0.184. The molecule has 0 aliphatic carbocycles. The van der Waals surface area contributed by atoms with Crippen LogP contribution in [0.4, 0.5) is 0 Å². The van der Waals surface area contributed by atoms with Crippen molar-refractivity contribution in [3.8, 4) is 11.5 Å². The number of methoxy groups -OCH3 is 1. The normalized spacial score (nSPS) is 10.6. The summed E-state index contributed by atoms with van der Waals surface area (Å²) in [6, 6.07) is 13.6.